The predicted octanol–water partition coefficient (Wildman–Crippen LogP) is 12.5. The smallest absolute Gasteiger partial charge is 0.208 e. The van der Waals surface area contributed by atoms with E-state index in [1.54, 1.807) is 0 Å². The van der Waals surface area contributed by atoms with Gasteiger partial charge in [-0.15, -0.1) is 0 Å². The first-order valence-electron chi connectivity index (χ1n) is 19.5. The van der Waals surface area contributed by atoms with Gasteiger partial charge in [-0.2, -0.15) is 0 Å². The number of hydrogen-bond donors (Lipinski definition) is 1. The maximum Gasteiger partial charge on any atom is 0.208 e. The molecule has 1 N–H and O–H groups in total. The molecule has 4 heterocycles. The van der Waals surface area contributed by atoms with Crippen molar-refractivity contribution >= 4 is 77.1 Å². The lowest BCUT2D eigenvalue weighted by Gasteiger charge is -2.18. The third kappa shape index (κ3) is 4.85. The fraction of sp³-hybridized carbons (Fsp3) is 0.0192. The summed E-state index contributed by atoms with van der Waals surface area (Å²) in [5.41, 5.74) is 13.8. The molecule has 268 valence electrons. The molecule has 12 rings (SSSR count). The van der Waals surface area contributed by atoms with Gasteiger partial charge in [0.1, 0.15) is 0 Å². The first-order valence-corrected chi connectivity index (χ1v) is 19.5. The van der Waals surface area contributed by atoms with Crippen molar-refractivity contribution in [1.29, 1.82) is 0 Å². The molecule has 5 nitrogen and oxygen atoms in total. The summed E-state index contributed by atoms with van der Waals surface area (Å²) in [5, 5.41) is 11.0. The van der Waals surface area contributed by atoms with Gasteiger partial charge in [0, 0.05) is 55.8 Å². The highest BCUT2D eigenvalue weighted by Gasteiger charge is 2.20. The van der Waals surface area contributed by atoms with Crippen LogP contribution in [0, 0.1) is 0 Å². The average Bonchev–Trinajstić information content (AvgIpc) is 3.92. The van der Waals surface area contributed by atoms with Crippen molar-refractivity contribution in [2.75, 3.05) is 6.54 Å². The van der Waals surface area contributed by atoms with E-state index in [1.165, 1.54) is 59.9 Å². The summed E-state index contributed by atoms with van der Waals surface area (Å²) in [6, 6.07) is 67.8. The van der Waals surface area contributed by atoms with E-state index in [4.69, 9.17) is 4.99 Å². The summed E-state index contributed by atoms with van der Waals surface area (Å²) in [6.45, 7) is 0.677. The highest BCUT2D eigenvalue weighted by Crippen LogP contribution is 2.38. The minimum absolute atomic E-state index is 0.677. The Morgan fingerprint density at radius 3 is 1.53 bits per heavy atom. The van der Waals surface area contributed by atoms with E-state index in [1.807, 2.05) is 0 Å². The Balaban J connectivity index is 0.953. The van der Waals surface area contributed by atoms with Gasteiger partial charge in [-0.25, -0.2) is 4.99 Å². The van der Waals surface area contributed by atoms with Gasteiger partial charge < -0.3 is 14.5 Å². The summed E-state index contributed by atoms with van der Waals surface area (Å²) in [4.78, 5) is 5.33. The topological polar surface area (TPSA) is 39.2 Å². The second-order valence-corrected chi connectivity index (χ2v) is 14.8. The van der Waals surface area contributed by atoms with Gasteiger partial charge in [0.2, 0.25) is 5.96 Å². The van der Waals surface area contributed by atoms with Crippen LogP contribution in [0.15, 0.2) is 199 Å². The highest BCUT2D eigenvalue weighted by molar-refractivity contribution is 6.16. The van der Waals surface area contributed by atoms with Crippen LogP contribution in [0.25, 0.3) is 93.6 Å². The maximum absolute atomic E-state index is 5.33. The van der Waals surface area contributed by atoms with Gasteiger partial charge in [-0.1, -0.05) is 115 Å². The first-order chi connectivity index (χ1) is 28.3. The molecule has 1 aliphatic heterocycles. The number of nitrogens with zero attached hydrogens (tertiary/aromatic N) is 4. The number of aliphatic imine (C=N–C) groups is 1. The van der Waals surface area contributed by atoms with E-state index in [-0.39, 0.29) is 0 Å². The van der Waals surface area contributed by atoms with Crippen LogP contribution in [0.5, 0.6) is 0 Å². The van der Waals surface area contributed by atoms with Crippen molar-refractivity contribution in [2.24, 2.45) is 4.99 Å². The molecular formula is C52H35N5. The van der Waals surface area contributed by atoms with Crippen molar-refractivity contribution in [3.05, 3.63) is 200 Å². The Morgan fingerprint density at radius 1 is 0.351 bits per heavy atom. The van der Waals surface area contributed by atoms with Crippen LogP contribution in [0.2, 0.25) is 0 Å². The van der Waals surface area contributed by atoms with Crippen LogP contribution in [-0.4, -0.2) is 26.2 Å². The average molecular weight is 730 g/mol. The van der Waals surface area contributed by atoms with Gasteiger partial charge >= 0.3 is 0 Å². The number of fused-ring (bicyclic) bond motifs is 9. The lowest BCUT2D eigenvalue weighted by Crippen LogP contribution is -2.32. The molecule has 0 amide bonds. The fourth-order valence-electron chi connectivity index (χ4n) is 9.14. The number of aromatic nitrogens is 3. The highest BCUT2D eigenvalue weighted by atomic mass is 15.2. The molecule has 0 bridgehead atoms. The zero-order valence-corrected chi connectivity index (χ0v) is 31.0. The lowest BCUT2D eigenvalue weighted by atomic mass is 9.99. The molecule has 0 atom stereocenters. The quantitative estimate of drug-likeness (QED) is 0.192. The van der Waals surface area contributed by atoms with E-state index in [0.717, 1.165) is 45.2 Å². The predicted molar refractivity (Wildman–Crippen MR) is 239 cm³/mol. The molecule has 0 aliphatic carbocycles. The third-order valence-electron chi connectivity index (χ3n) is 11.7. The molecule has 0 saturated heterocycles. The number of para-hydroxylation sites is 5. The van der Waals surface area contributed by atoms with Gasteiger partial charge in [0.25, 0.3) is 0 Å². The number of nitrogens with one attached hydrogen (secondary N) is 1. The minimum Gasteiger partial charge on any atom is -0.352 e. The Labute approximate surface area is 328 Å². The van der Waals surface area contributed by atoms with E-state index >= 15 is 0 Å². The third-order valence-corrected chi connectivity index (χ3v) is 11.7. The van der Waals surface area contributed by atoms with Gasteiger partial charge in [0.05, 0.1) is 38.8 Å². The zero-order valence-electron chi connectivity index (χ0n) is 31.0. The Morgan fingerprint density at radius 2 is 0.842 bits per heavy atom. The second-order valence-electron chi connectivity index (χ2n) is 14.8. The Hall–Kier alpha value is -7.63. The molecule has 11 aromatic rings. The molecule has 0 spiro atoms. The minimum atomic E-state index is 0.677. The normalized spacial score (nSPS) is 13.2. The van der Waals surface area contributed by atoms with E-state index < -0.39 is 0 Å². The van der Waals surface area contributed by atoms with Crippen LogP contribution in [0.1, 0.15) is 5.56 Å². The molecule has 1 aliphatic rings. The van der Waals surface area contributed by atoms with Gasteiger partial charge in [0.15, 0.2) is 0 Å². The molecule has 0 unspecified atom stereocenters. The molecule has 8 aromatic carbocycles. The molecule has 57 heavy (non-hydrogen) atoms. The number of hydrogen-bond acceptors (Lipinski definition) is 2. The molecular weight excluding hydrogens is 695 g/mol. The van der Waals surface area contributed by atoms with Crippen LogP contribution >= 0.6 is 0 Å². The van der Waals surface area contributed by atoms with Crippen LogP contribution in [0.3, 0.4) is 0 Å². The summed E-state index contributed by atoms with van der Waals surface area (Å²) in [7, 11) is 0. The van der Waals surface area contributed by atoms with Crippen LogP contribution in [-0.2, 0) is 0 Å². The number of benzene rings is 8. The lowest BCUT2D eigenvalue weighted by molar-refractivity contribution is 0.961. The van der Waals surface area contributed by atoms with Gasteiger partial charge in [-0.05, 0) is 90.0 Å². The van der Waals surface area contributed by atoms with Crippen molar-refractivity contribution < 1.29 is 0 Å². The van der Waals surface area contributed by atoms with Gasteiger partial charge in [-0.3, -0.25) is 4.57 Å². The van der Waals surface area contributed by atoms with E-state index in [0.29, 0.717) is 6.54 Å². The van der Waals surface area contributed by atoms with E-state index in [2.05, 4.69) is 213 Å². The van der Waals surface area contributed by atoms with Crippen LogP contribution in [0.4, 0.5) is 0 Å². The molecule has 5 heteroatoms. The zero-order chi connectivity index (χ0) is 37.5. The fourth-order valence-corrected chi connectivity index (χ4v) is 9.14. The first kappa shape index (κ1) is 31.7. The molecule has 0 radical (unpaired) electrons. The van der Waals surface area contributed by atoms with E-state index in [9.17, 15) is 0 Å². The monoisotopic (exact) mass is 729 g/mol. The standard InChI is InChI=1S/C52H35N5/c1-2-15-37(16-3-1)55-48-23-10-6-19-41(48)43-32-35(25-27-50(43)55)34-13-12-14-36(31-34)45-29-30-53-52(54-45)57-49-24-11-7-20-42(49)44-33-38(26-28-51(44)57)56-46-21-8-4-17-39(46)40-18-5-9-22-47(40)56/h1-29,31-33H,30H2,(H,53,54). The SMILES string of the molecule is C1=C(c2cccc(-c3ccc4c(c3)c3ccccc3n4-c3ccccc3)c2)N=C(n2c3ccccc3c3cc(-n4c5ccccc5c5ccccc54)ccc32)NC1. The largest absolute Gasteiger partial charge is 0.352 e. The number of rotatable bonds is 4. The van der Waals surface area contributed by atoms with Crippen molar-refractivity contribution in [1.82, 2.24) is 19.0 Å². The molecule has 0 saturated carbocycles. The summed E-state index contributed by atoms with van der Waals surface area (Å²) >= 11 is 0. The molecule has 3 aromatic heterocycles. The summed E-state index contributed by atoms with van der Waals surface area (Å²) < 4.78 is 7.04. The molecule has 0 fully saturated rings. The maximum atomic E-state index is 5.33. The van der Waals surface area contributed by atoms with Crippen LogP contribution < -0.4 is 5.32 Å². The Kier molecular flexibility index (Phi) is 6.92. The summed E-state index contributed by atoms with van der Waals surface area (Å²) in [5.74, 6) is 0.823. The second kappa shape index (κ2) is 12.4. The van der Waals surface area contributed by atoms with Crippen molar-refractivity contribution in [3.63, 3.8) is 0 Å². The van der Waals surface area contributed by atoms with Crippen molar-refractivity contribution in [2.45, 2.75) is 0 Å². The van der Waals surface area contributed by atoms with Crippen molar-refractivity contribution in [3.8, 4) is 22.5 Å². The Bertz CT molecular complexity index is 3410. The summed E-state index contributed by atoms with van der Waals surface area (Å²) in [6.07, 6.45) is 2.19.